The number of hydrogen-bond acceptors (Lipinski definition) is 6. The molecule has 2 fully saturated rings. The molecule has 3 heterocycles. The number of piperazine rings is 1. The topological polar surface area (TPSA) is 105 Å². The van der Waals surface area contributed by atoms with E-state index in [0.717, 1.165) is 0 Å². The number of morpholine rings is 1. The molecule has 1 aromatic heterocycles. The minimum absolute atomic E-state index is 0.165. The average Bonchev–Trinajstić information content (AvgIpc) is 2.79. The fourth-order valence-corrected chi connectivity index (χ4v) is 6.36. The Bertz CT molecular complexity index is 1210. The maximum Gasteiger partial charge on any atom is 0.282 e. The molecular formula is C23H33N5O5S. The summed E-state index contributed by atoms with van der Waals surface area (Å²) in [6.07, 6.45) is -0.329. The minimum atomic E-state index is -3.64. The third-order valence-electron chi connectivity index (χ3n) is 6.17. The maximum absolute atomic E-state index is 13.5. The van der Waals surface area contributed by atoms with E-state index in [2.05, 4.69) is 5.10 Å². The second kappa shape index (κ2) is 9.73. The van der Waals surface area contributed by atoms with Gasteiger partial charge in [-0.1, -0.05) is 32.0 Å². The molecule has 0 saturated carbocycles. The van der Waals surface area contributed by atoms with Crippen molar-refractivity contribution in [3.8, 4) is 0 Å². The van der Waals surface area contributed by atoms with Crippen LogP contribution >= 0.6 is 0 Å². The van der Waals surface area contributed by atoms with Crippen molar-refractivity contribution in [2.45, 2.75) is 46.4 Å². The van der Waals surface area contributed by atoms with E-state index in [1.807, 2.05) is 27.7 Å². The molecule has 1 aromatic carbocycles. The van der Waals surface area contributed by atoms with E-state index in [9.17, 15) is 18.0 Å². The minimum Gasteiger partial charge on any atom is -0.373 e. The molecule has 2 aliphatic heterocycles. The van der Waals surface area contributed by atoms with Crippen LogP contribution in [-0.2, 0) is 21.5 Å². The van der Waals surface area contributed by atoms with Gasteiger partial charge in [0.05, 0.1) is 17.6 Å². The summed E-state index contributed by atoms with van der Waals surface area (Å²) in [4.78, 5) is 27.9. The van der Waals surface area contributed by atoms with Gasteiger partial charge in [-0.25, -0.2) is 4.68 Å². The summed E-state index contributed by atoms with van der Waals surface area (Å²) in [5.41, 5.74) is 0.00807. The van der Waals surface area contributed by atoms with Crippen LogP contribution in [0, 0.1) is 5.92 Å². The van der Waals surface area contributed by atoms with Gasteiger partial charge in [-0.05, 0) is 25.8 Å². The van der Waals surface area contributed by atoms with Crippen molar-refractivity contribution in [3.63, 3.8) is 0 Å². The maximum atomic E-state index is 13.5. The lowest BCUT2D eigenvalue weighted by Crippen LogP contribution is -2.57. The van der Waals surface area contributed by atoms with Gasteiger partial charge in [-0.2, -0.15) is 22.1 Å². The SMILES string of the molecule is CC(C)Cn1nc(C(=O)N2CCN(S(=O)(=O)N3CC(C)OC(C)C3)CC2)c2ccccc2c1=O. The molecule has 0 aliphatic carbocycles. The van der Waals surface area contributed by atoms with Crippen LogP contribution in [0.4, 0.5) is 0 Å². The Morgan fingerprint density at radius 2 is 1.62 bits per heavy atom. The Labute approximate surface area is 200 Å². The fraction of sp³-hybridized carbons (Fsp3) is 0.609. The number of carbonyl (C=O) groups is 1. The zero-order chi connectivity index (χ0) is 24.6. The third kappa shape index (κ3) is 4.88. The van der Waals surface area contributed by atoms with Crippen molar-refractivity contribution in [3.05, 3.63) is 40.3 Å². The number of benzene rings is 1. The van der Waals surface area contributed by atoms with Gasteiger partial charge in [0.15, 0.2) is 5.69 Å². The van der Waals surface area contributed by atoms with E-state index in [4.69, 9.17) is 4.74 Å². The number of nitrogens with zero attached hydrogens (tertiary/aromatic N) is 5. The van der Waals surface area contributed by atoms with Crippen molar-refractivity contribution in [2.24, 2.45) is 5.92 Å². The highest BCUT2D eigenvalue weighted by Crippen LogP contribution is 2.21. The summed E-state index contributed by atoms with van der Waals surface area (Å²) in [6.45, 7) is 9.68. The molecule has 0 N–H and O–H groups in total. The van der Waals surface area contributed by atoms with Crippen molar-refractivity contribution in [1.82, 2.24) is 23.3 Å². The molecule has 1 amide bonds. The van der Waals surface area contributed by atoms with Gasteiger partial charge in [0.2, 0.25) is 0 Å². The molecule has 0 spiro atoms. The molecule has 186 valence electrons. The van der Waals surface area contributed by atoms with E-state index in [0.29, 0.717) is 30.4 Å². The standard InChI is InChI=1S/C23H33N5O5S/c1-16(2)13-28-22(29)20-8-6-5-7-19(20)21(24-28)23(30)25-9-11-26(12-10-25)34(31,32)27-14-17(3)33-18(4)15-27/h5-8,16-18H,9-15H2,1-4H3. The van der Waals surface area contributed by atoms with E-state index >= 15 is 0 Å². The summed E-state index contributed by atoms with van der Waals surface area (Å²) in [7, 11) is -3.64. The largest absolute Gasteiger partial charge is 0.373 e. The van der Waals surface area contributed by atoms with E-state index in [1.54, 1.807) is 29.2 Å². The number of fused-ring (bicyclic) bond motifs is 1. The number of amides is 1. The first-order chi connectivity index (χ1) is 16.1. The lowest BCUT2D eigenvalue weighted by atomic mass is 10.1. The van der Waals surface area contributed by atoms with Crippen LogP contribution in [-0.4, -0.2) is 89.1 Å². The molecule has 34 heavy (non-hydrogen) atoms. The van der Waals surface area contributed by atoms with Crippen molar-refractivity contribution < 1.29 is 17.9 Å². The van der Waals surface area contributed by atoms with Gasteiger partial charge >= 0.3 is 0 Å². The second-order valence-corrected chi connectivity index (χ2v) is 11.5. The van der Waals surface area contributed by atoms with E-state index in [1.165, 1.54) is 13.3 Å². The Hall–Kier alpha value is -2.34. The van der Waals surface area contributed by atoms with Gasteiger partial charge in [-0.3, -0.25) is 9.59 Å². The third-order valence-corrected chi connectivity index (χ3v) is 8.14. The first kappa shape index (κ1) is 24.8. The van der Waals surface area contributed by atoms with Crippen molar-refractivity contribution >= 4 is 26.9 Å². The van der Waals surface area contributed by atoms with E-state index in [-0.39, 0.29) is 61.5 Å². The monoisotopic (exact) mass is 491 g/mol. The molecule has 10 nitrogen and oxygen atoms in total. The summed E-state index contributed by atoms with van der Waals surface area (Å²) in [6, 6.07) is 7.00. The number of aromatic nitrogens is 2. The molecule has 2 aromatic rings. The van der Waals surface area contributed by atoms with Crippen LogP contribution in [0.25, 0.3) is 10.8 Å². The number of rotatable bonds is 5. The molecule has 4 rings (SSSR count). The molecule has 2 unspecified atom stereocenters. The predicted octanol–water partition coefficient (Wildman–Crippen LogP) is 1.16. The number of ether oxygens (including phenoxy) is 1. The zero-order valence-electron chi connectivity index (χ0n) is 20.2. The van der Waals surface area contributed by atoms with Crippen LogP contribution in [0.1, 0.15) is 38.2 Å². The molecule has 11 heteroatoms. The Morgan fingerprint density at radius 3 is 2.21 bits per heavy atom. The number of carbonyl (C=O) groups excluding carboxylic acids is 1. The lowest BCUT2D eigenvalue weighted by molar-refractivity contribution is -0.0457. The summed E-state index contributed by atoms with van der Waals surface area (Å²) in [5.74, 6) is -0.104. The van der Waals surface area contributed by atoms with Crippen LogP contribution in [0.5, 0.6) is 0 Å². The second-order valence-electron chi connectivity index (χ2n) is 9.55. The molecule has 2 saturated heterocycles. The first-order valence-electron chi connectivity index (χ1n) is 11.8. The molecule has 2 atom stereocenters. The van der Waals surface area contributed by atoms with Crippen molar-refractivity contribution in [1.29, 1.82) is 0 Å². The van der Waals surface area contributed by atoms with Crippen LogP contribution < -0.4 is 5.56 Å². The Morgan fingerprint density at radius 1 is 1.03 bits per heavy atom. The summed E-state index contributed by atoms with van der Waals surface area (Å²) >= 11 is 0. The Kier molecular flexibility index (Phi) is 7.09. The van der Waals surface area contributed by atoms with Gasteiger partial charge in [-0.15, -0.1) is 0 Å². The van der Waals surface area contributed by atoms with Crippen LogP contribution in [0.15, 0.2) is 29.1 Å². The first-order valence-corrected chi connectivity index (χ1v) is 13.2. The summed E-state index contributed by atoms with van der Waals surface area (Å²) < 4.78 is 36.3. The van der Waals surface area contributed by atoms with Gasteiger partial charge in [0.25, 0.3) is 21.7 Å². The molecule has 0 bridgehead atoms. The average molecular weight is 492 g/mol. The van der Waals surface area contributed by atoms with Gasteiger partial charge in [0, 0.05) is 51.2 Å². The highest BCUT2D eigenvalue weighted by atomic mass is 32.2. The van der Waals surface area contributed by atoms with Crippen LogP contribution in [0.3, 0.4) is 0 Å². The van der Waals surface area contributed by atoms with Crippen LogP contribution in [0.2, 0.25) is 0 Å². The predicted molar refractivity (Wildman–Crippen MR) is 129 cm³/mol. The molecule has 0 radical (unpaired) electrons. The van der Waals surface area contributed by atoms with Crippen molar-refractivity contribution in [2.75, 3.05) is 39.3 Å². The smallest absolute Gasteiger partial charge is 0.282 e. The molecular weight excluding hydrogens is 458 g/mol. The highest BCUT2D eigenvalue weighted by molar-refractivity contribution is 7.86. The normalized spacial score (nSPS) is 23.0. The van der Waals surface area contributed by atoms with E-state index < -0.39 is 10.2 Å². The number of hydrogen-bond donors (Lipinski definition) is 0. The fourth-order valence-electron chi connectivity index (χ4n) is 4.62. The highest BCUT2D eigenvalue weighted by Gasteiger charge is 2.37. The zero-order valence-corrected chi connectivity index (χ0v) is 21.0. The molecule has 2 aliphatic rings. The van der Waals surface area contributed by atoms with Gasteiger partial charge < -0.3 is 9.64 Å². The summed E-state index contributed by atoms with van der Waals surface area (Å²) in [5, 5.41) is 5.41. The lowest BCUT2D eigenvalue weighted by Gasteiger charge is -2.40. The van der Waals surface area contributed by atoms with Gasteiger partial charge in [0.1, 0.15) is 0 Å². The quantitative estimate of drug-likeness (QED) is 0.622. The Balaban J connectivity index is 1.54.